The molecule has 22 heavy (non-hydrogen) atoms. The monoisotopic (exact) mass is 322 g/mol. The van der Waals surface area contributed by atoms with Crippen LogP contribution in [0.1, 0.15) is 34.6 Å². The summed E-state index contributed by atoms with van der Waals surface area (Å²) in [7, 11) is -3.60. The maximum absolute atomic E-state index is 12.2. The molecule has 0 spiro atoms. The lowest BCUT2D eigenvalue weighted by molar-refractivity contribution is 0.101. The first-order chi connectivity index (χ1) is 10.3. The van der Waals surface area contributed by atoms with Gasteiger partial charge in [0.15, 0.2) is 11.7 Å². The van der Waals surface area contributed by atoms with E-state index in [4.69, 9.17) is 4.42 Å². The quantitative estimate of drug-likeness (QED) is 0.822. The Kier molecular flexibility index (Phi) is 4.77. The minimum Gasteiger partial charge on any atom is -0.446 e. The van der Waals surface area contributed by atoms with Crippen LogP contribution in [0.5, 0.6) is 0 Å². The van der Waals surface area contributed by atoms with E-state index >= 15 is 0 Å². The van der Waals surface area contributed by atoms with Crippen molar-refractivity contribution in [1.29, 1.82) is 0 Å². The fraction of sp³-hybridized carbons (Fsp3) is 0.333. The van der Waals surface area contributed by atoms with E-state index in [-0.39, 0.29) is 17.2 Å². The first kappa shape index (κ1) is 16.4. The van der Waals surface area contributed by atoms with Crippen LogP contribution in [0.4, 0.5) is 0 Å². The molecule has 0 aliphatic heterocycles. The number of ketones is 1. The van der Waals surface area contributed by atoms with Crippen LogP contribution >= 0.6 is 0 Å². The Morgan fingerprint density at radius 1 is 1.23 bits per heavy atom. The Hall–Kier alpha value is -1.99. The third kappa shape index (κ3) is 3.80. The van der Waals surface area contributed by atoms with Crippen LogP contribution in [0.15, 0.2) is 33.6 Å². The number of benzene rings is 1. The van der Waals surface area contributed by atoms with Crippen LogP contribution in [0.25, 0.3) is 0 Å². The minimum absolute atomic E-state index is 0.104. The van der Waals surface area contributed by atoms with Crippen molar-refractivity contribution in [3.8, 4) is 0 Å². The van der Waals surface area contributed by atoms with Crippen molar-refractivity contribution in [2.75, 3.05) is 6.54 Å². The number of nitrogens with one attached hydrogen (secondary N) is 1. The molecule has 7 heteroatoms. The lowest BCUT2D eigenvalue weighted by Gasteiger charge is -2.06. The van der Waals surface area contributed by atoms with E-state index in [0.29, 0.717) is 23.6 Å². The molecule has 1 heterocycles. The lowest BCUT2D eigenvalue weighted by Crippen LogP contribution is -2.26. The topological polar surface area (TPSA) is 89.3 Å². The van der Waals surface area contributed by atoms with Gasteiger partial charge in [0.25, 0.3) is 0 Å². The zero-order chi connectivity index (χ0) is 16.3. The molecule has 6 nitrogen and oxygen atoms in total. The normalized spacial score (nSPS) is 11.6. The van der Waals surface area contributed by atoms with Crippen molar-refractivity contribution in [1.82, 2.24) is 9.71 Å². The third-order valence-corrected chi connectivity index (χ3v) is 4.69. The minimum atomic E-state index is -3.60. The molecule has 0 fully saturated rings. The smallest absolute Gasteiger partial charge is 0.240 e. The number of carbonyl (C=O) groups is 1. The second-order valence-corrected chi connectivity index (χ2v) is 6.74. The highest BCUT2D eigenvalue weighted by molar-refractivity contribution is 7.89. The summed E-state index contributed by atoms with van der Waals surface area (Å²) in [4.78, 5) is 15.5. The first-order valence-corrected chi connectivity index (χ1v) is 8.31. The number of hydrogen-bond donors (Lipinski definition) is 1. The van der Waals surface area contributed by atoms with Gasteiger partial charge in [-0.3, -0.25) is 4.79 Å². The summed E-state index contributed by atoms with van der Waals surface area (Å²) in [5.41, 5.74) is 1.24. The molecule has 118 valence electrons. The summed E-state index contributed by atoms with van der Waals surface area (Å²) >= 11 is 0. The largest absolute Gasteiger partial charge is 0.446 e. The van der Waals surface area contributed by atoms with Crippen molar-refractivity contribution in [2.45, 2.75) is 32.1 Å². The zero-order valence-electron chi connectivity index (χ0n) is 12.7. The molecule has 0 aliphatic rings. The number of Topliss-reactive ketones (excluding diaryl/α,β-unsaturated/α-hetero) is 1. The third-order valence-electron chi connectivity index (χ3n) is 3.21. The van der Waals surface area contributed by atoms with Gasteiger partial charge < -0.3 is 4.42 Å². The number of rotatable bonds is 6. The summed E-state index contributed by atoms with van der Waals surface area (Å²) in [6.45, 7) is 5.22. The van der Waals surface area contributed by atoms with Crippen LogP contribution in [0, 0.1) is 13.8 Å². The van der Waals surface area contributed by atoms with Gasteiger partial charge in [0.05, 0.1) is 10.6 Å². The van der Waals surface area contributed by atoms with Gasteiger partial charge in [0, 0.05) is 25.5 Å². The molecule has 0 saturated heterocycles. The Morgan fingerprint density at radius 2 is 1.86 bits per heavy atom. The van der Waals surface area contributed by atoms with Gasteiger partial charge in [-0.1, -0.05) is 12.1 Å². The van der Waals surface area contributed by atoms with Gasteiger partial charge in [-0.15, -0.1) is 0 Å². The number of oxazole rings is 1. The summed E-state index contributed by atoms with van der Waals surface area (Å²) < 4.78 is 32.2. The van der Waals surface area contributed by atoms with Gasteiger partial charge >= 0.3 is 0 Å². The van der Waals surface area contributed by atoms with E-state index < -0.39 is 10.0 Å². The zero-order valence-corrected chi connectivity index (χ0v) is 13.5. The first-order valence-electron chi connectivity index (χ1n) is 6.83. The molecule has 1 aromatic heterocycles. The predicted molar refractivity (Wildman–Crippen MR) is 81.3 cm³/mol. The van der Waals surface area contributed by atoms with E-state index in [0.717, 1.165) is 5.69 Å². The molecule has 0 aliphatic carbocycles. The SMILES string of the molecule is CC(=O)c1ccc(S(=O)(=O)NCCc2oc(C)nc2C)cc1. The highest BCUT2D eigenvalue weighted by Crippen LogP contribution is 2.12. The van der Waals surface area contributed by atoms with Crippen LogP contribution in [0.2, 0.25) is 0 Å². The van der Waals surface area contributed by atoms with Gasteiger partial charge in [0.2, 0.25) is 10.0 Å². The van der Waals surface area contributed by atoms with Gasteiger partial charge in [-0.2, -0.15) is 0 Å². The van der Waals surface area contributed by atoms with Gasteiger partial charge in [-0.25, -0.2) is 18.1 Å². The van der Waals surface area contributed by atoms with E-state index in [1.165, 1.54) is 31.2 Å². The highest BCUT2D eigenvalue weighted by atomic mass is 32.2. The number of carbonyl (C=O) groups excluding carboxylic acids is 1. The second-order valence-electron chi connectivity index (χ2n) is 4.97. The molecule has 2 rings (SSSR count). The van der Waals surface area contributed by atoms with Crippen LogP contribution in [-0.4, -0.2) is 25.7 Å². The molecular formula is C15H18N2O4S. The molecule has 0 atom stereocenters. The highest BCUT2D eigenvalue weighted by Gasteiger charge is 2.15. The molecular weight excluding hydrogens is 304 g/mol. The molecule has 1 N–H and O–H groups in total. The fourth-order valence-corrected chi connectivity index (χ4v) is 3.09. The van der Waals surface area contributed by atoms with Crippen LogP contribution in [-0.2, 0) is 16.4 Å². The van der Waals surface area contributed by atoms with Gasteiger partial charge in [-0.05, 0) is 26.0 Å². The molecule has 0 radical (unpaired) electrons. The van der Waals surface area contributed by atoms with Crippen LogP contribution in [0.3, 0.4) is 0 Å². The number of hydrogen-bond acceptors (Lipinski definition) is 5. The summed E-state index contributed by atoms with van der Waals surface area (Å²) in [6.07, 6.45) is 0.428. The Labute approximate surface area is 129 Å². The number of nitrogens with zero attached hydrogens (tertiary/aromatic N) is 1. The number of sulfonamides is 1. The Balaban J connectivity index is 2.01. The number of aromatic nitrogens is 1. The van der Waals surface area contributed by atoms with Crippen molar-refractivity contribution in [3.63, 3.8) is 0 Å². The maximum Gasteiger partial charge on any atom is 0.240 e. The predicted octanol–water partition coefficient (Wildman–Crippen LogP) is 2.02. The fourth-order valence-electron chi connectivity index (χ4n) is 2.06. The average Bonchev–Trinajstić information content (AvgIpc) is 2.77. The summed E-state index contributed by atoms with van der Waals surface area (Å²) in [6, 6.07) is 5.84. The van der Waals surface area contributed by atoms with Crippen molar-refractivity contribution in [3.05, 3.63) is 47.2 Å². The standard InChI is InChI=1S/C15H18N2O4S/c1-10-15(21-12(3)17-10)8-9-16-22(19,20)14-6-4-13(5-7-14)11(2)18/h4-7,16H,8-9H2,1-3H3. The van der Waals surface area contributed by atoms with E-state index in [1.54, 1.807) is 6.92 Å². The summed E-state index contributed by atoms with van der Waals surface area (Å²) in [5, 5.41) is 0. The van der Waals surface area contributed by atoms with E-state index in [2.05, 4.69) is 9.71 Å². The molecule has 0 unspecified atom stereocenters. The Bertz CT molecular complexity index is 776. The second kappa shape index (κ2) is 6.41. The van der Waals surface area contributed by atoms with Crippen LogP contribution < -0.4 is 4.72 Å². The summed E-state index contributed by atoms with van der Waals surface area (Å²) in [5.74, 6) is 1.13. The van der Waals surface area contributed by atoms with Crippen molar-refractivity contribution in [2.24, 2.45) is 0 Å². The number of aryl methyl sites for hydroxylation is 2. The van der Waals surface area contributed by atoms with Crippen molar-refractivity contribution < 1.29 is 17.6 Å². The molecule has 0 amide bonds. The molecule has 0 saturated carbocycles. The lowest BCUT2D eigenvalue weighted by atomic mass is 10.2. The maximum atomic E-state index is 12.2. The van der Waals surface area contributed by atoms with E-state index in [1.807, 2.05) is 6.92 Å². The molecule has 2 aromatic rings. The Morgan fingerprint density at radius 3 is 2.36 bits per heavy atom. The van der Waals surface area contributed by atoms with Crippen molar-refractivity contribution >= 4 is 15.8 Å². The molecule has 0 bridgehead atoms. The van der Waals surface area contributed by atoms with E-state index in [9.17, 15) is 13.2 Å². The van der Waals surface area contributed by atoms with Gasteiger partial charge in [0.1, 0.15) is 5.76 Å². The molecule has 1 aromatic carbocycles. The average molecular weight is 322 g/mol.